The van der Waals surface area contributed by atoms with Gasteiger partial charge in [-0.15, -0.1) is 0 Å². The molecule has 1 atom stereocenters. The van der Waals surface area contributed by atoms with Crippen molar-refractivity contribution in [2.45, 2.75) is 37.9 Å². The summed E-state index contributed by atoms with van der Waals surface area (Å²) in [5.41, 5.74) is 2.52. The maximum absolute atomic E-state index is 6.70. The van der Waals surface area contributed by atoms with Crippen molar-refractivity contribution in [3.8, 4) is 0 Å². The quantitative estimate of drug-likeness (QED) is 0.626. The summed E-state index contributed by atoms with van der Waals surface area (Å²) in [7, 11) is -0.374. The molecule has 1 aliphatic heterocycles. The van der Waals surface area contributed by atoms with E-state index >= 15 is 0 Å². The molecule has 1 saturated heterocycles. The van der Waals surface area contributed by atoms with Crippen molar-refractivity contribution in [3.05, 3.63) is 102 Å². The molecule has 0 N–H and O–H groups in total. The van der Waals surface area contributed by atoms with Crippen LogP contribution in [-0.2, 0) is 9.31 Å². The predicted molar refractivity (Wildman–Crippen MR) is 111 cm³/mol. The summed E-state index contributed by atoms with van der Waals surface area (Å²) in [5, 5.41) is 0. The van der Waals surface area contributed by atoms with Crippen molar-refractivity contribution in [1.29, 1.82) is 0 Å². The number of benzene rings is 3. The lowest BCUT2D eigenvalue weighted by Crippen LogP contribution is -2.50. The van der Waals surface area contributed by atoms with E-state index in [9.17, 15) is 0 Å². The second kappa shape index (κ2) is 6.99. The second-order valence-corrected chi connectivity index (χ2v) is 7.85. The molecule has 0 aromatic heterocycles. The molecule has 27 heavy (non-hydrogen) atoms. The average molecular weight is 356 g/mol. The SMILES string of the molecule is CC1(C)OB(c2ccccc2)OC1(C)C(c1ccccc1)c1ccccc1. The van der Waals surface area contributed by atoms with Gasteiger partial charge in [-0.3, -0.25) is 0 Å². The van der Waals surface area contributed by atoms with Crippen molar-refractivity contribution in [2.75, 3.05) is 0 Å². The summed E-state index contributed by atoms with van der Waals surface area (Å²) in [6, 6.07) is 31.4. The van der Waals surface area contributed by atoms with Gasteiger partial charge in [-0.05, 0) is 37.4 Å². The number of rotatable bonds is 4. The van der Waals surface area contributed by atoms with Gasteiger partial charge in [0.05, 0.1) is 11.2 Å². The zero-order chi connectivity index (χ0) is 18.9. The van der Waals surface area contributed by atoms with Gasteiger partial charge in [0.2, 0.25) is 0 Å². The van der Waals surface area contributed by atoms with E-state index in [2.05, 4.69) is 93.6 Å². The first kappa shape index (κ1) is 18.0. The molecule has 0 radical (unpaired) electrons. The van der Waals surface area contributed by atoms with E-state index in [4.69, 9.17) is 9.31 Å². The Morgan fingerprint density at radius 2 is 1.07 bits per heavy atom. The van der Waals surface area contributed by atoms with Crippen molar-refractivity contribution >= 4 is 12.6 Å². The Morgan fingerprint density at radius 3 is 1.56 bits per heavy atom. The fourth-order valence-corrected chi connectivity index (χ4v) is 4.05. The van der Waals surface area contributed by atoms with Gasteiger partial charge < -0.3 is 9.31 Å². The minimum Gasteiger partial charge on any atom is -0.399 e. The minimum absolute atomic E-state index is 0.0589. The third kappa shape index (κ3) is 3.22. The van der Waals surface area contributed by atoms with Crippen LogP contribution in [0.5, 0.6) is 0 Å². The Hall–Kier alpha value is -2.36. The van der Waals surface area contributed by atoms with Crippen LogP contribution in [0, 0.1) is 0 Å². The van der Waals surface area contributed by atoms with E-state index in [0.717, 1.165) is 5.46 Å². The third-order valence-corrected chi connectivity index (χ3v) is 5.84. The molecule has 0 spiro atoms. The molecular weight excluding hydrogens is 331 g/mol. The molecule has 3 aromatic carbocycles. The molecule has 1 heterocycles. The second-order valence-electron chi connectivity index (χ2n) is 7.85. The van der Waals surface area contributed by atoms with Gasteiger partial charge in [0, 0.05) is 5.92 Å². The number of hydrogen-bond acceptors (Lipinski definition) is 2. The highest BCUT2D eigenvalue weighted by atomic mass is 16.7. The third-order valence-electron chi connectivity index (χ3n) is 5.84. The van der Waals surface area contributed by atoms with Crippen LogP contribution in [0.2, 0.25) is 0 Å². The maximum Gasteiger partial charge on any atom is 0.494 e. The molecule has 136 valence electrons. The molecule has 1 unspecified atom stereocenters. The Morgan fingerprint density at radius 1 is 0.630 bits per heavy atom. The fourth-order valence-electron chi connectivity index (χ4n) is 4.05. The van der Waals surface area contributed by atoms with Crippen LogP contribution in [0.4, 0.5) is 0 Å². The van der Waals surface area contributed by atoms with Crippen LogP contribution in [0.3, 0.4) is 0 Å². The maximum atomic E-state index is 6.70. The molecule has 2 nitrogen and oxygen atoms in total. The van der Waals surface area contributed by atoms with Crippen molar-refractivity contribution in [3.63, 3.8) is 0 Å². The summed E-state index contributed by atoms with van der Waals surface area (Å²) in [6.45, 7) is 6.45. The lowest BCUT2D eigenvalue weighted by molar-refractivity contribution is -0.0216. The highest BCUT2D eigenvalue weighted by Crippen LogP contribution is 2.49. The van der Waals surface area contributed by atoms with E-state index < -0.39 is 11.2 Å². The Bertz CT molecular complexity index is 841. The van der Waals surface area contributed by atoms with Gasteiger partial charge in [-0.25, -0.2) is 0 Å². The summed E-state index contributed by atoms with van der Waals surface area (Å²) < 4.78 is 13.2. The molecule has 3 heteroatoms. The van der Waals surface area contributed by atoms with Crippen molar-refractivity contribution < 1.29 is 9.31 Å². The monoisotopic (exact) mass is 356 g/mol. The zero-order valence-corrected chi connectivity index (χ0v) is 16.1. The lowest BCUT2D eigenvalue weighted by atomic mass is 9.70. The standard InChI is InChI=1S/C24H25BO2/c1-23(2)24(3,27-25(26-23)21-17-11-6-12-18-21)22(19-13-7-4-8-14-19)20-15-9-5-10-16-20/h4-18,22H,1-3H3. The van der Waals surface area contributed by atoms with E-state index in [1.165, 1.54) is 11.1 Å². The zero-order valence-electron chi connectivity index (χ0n) is 16.1. The van der Waals surface area contributed by atoms with E-state index in [1.54, 1.807) is 0 Å². The summed E-state index contributed by atoms with van der Waals surface area (Å²) >= 11 is 0. The highest BCUT2D eigenvalue weighted by molar-refractivity contribution is 6.62. The van der Waals surface area contributed by atoms with Gasteiger partial charge in [0.25, 0.3) is 0 Å². The van der Waals surface area contributed by atoms with Crippen molar-refractivity contribution in [1.82, 2.24) is 0 Å². The first-order chi connectivity index (χ1) is 13.0. The lowest BCUT2D eigenvalue weighted by Gasteiger charge is -2.43. The van der Waals surface area contributed by atoms with Crippen LogP contribution >= 0.6 is 0 Å². The van der Waals surface area contributed by atoms with Crippen LogP contribution in [0.1, 0.15) is 37.8 Å². The fraction of sp³-hybridized carbons (Fsp3) is 0.250. The van der Waals surface area contributed by atoms with Gasteiger partial charge in [0.1, 0.15) is 0 Å². The minimum atomic E-state index is -0.532. The molecular formula is C24H25BO2. The summed E-state index contributed by atoms with van der Waals surface area (Å²) in [6.07, 6.45) is 0. The Kier molecular flexibility index (Phi) is 4.67. The van der Waals surface area contributed by atoms with Crippen LogP contribution in [-0.4, -0.2) is 18.3 Å². The van der Waals surface area contributed by atoms with Crippen LogP contribution < -0.4 is 5.46 Å². The molecule has 0 amide bonds. The summed E-state index contributed by atoms with van der Waals surface area (Å²) in [5.74, 6) is 0.0589. The first-order valence-corrected chi connectivity index (χ1v) is 9.52. The molecule has 1 aliphatic rings. The molecule has 0 aliphatic carbocycles. The molecule has 4 rings (SSSR count). The number of hydrogen-bond donors (Lipinski definition) is 0. The van der Waals surface area contributed by atoms with Crippen LogP contribution in [0.25, 0.3) is 0 Å². The molecule has 1 fully saturated rings. The topological polar surface area (TPSA) is 18.5 Å². The predicted octanol–water partition coefficient (Wildman–Crippen LogP) is 4.80. The van der Waals surface area contributed by atoms with Gasteiger partial charge in [0.15, 0.2) is 0 Å². The van der Waals surface area contributed by atoms with Gasteiger partial charge in [-0.1, -0.05) is 91.0 Å². The largest absolute Gasteiger partial charge is 0.494 e. The molecule has 0 bridgehead atoms. The highest BCUT2D eigenvalue weighted by Gasteiger charge is 2.58. The summed E-state index contributed by atoms with van der Waals surface area (Å²) in [4.78, 5) is 0. The van der Waals surface area contributed by atoms with Crippen LogP contribution in [0.15, 0.2) is 91.0 Å². The average Bonchev–Trinajstić information content (AvgIpc) is 2.94. The van der Waals surface area contributed by atoms with Gasteiger partial charge >= 0.3 is 7.12 Å². The molecule has 0 saturated carbocycles. The van der Waals surface area contributed by atoms with Gasteiger partial charge in [-0.2, -0.15) is 0 Å². The Balaban J connectivity index is 1.81. The normalized spacial score (nSPS) is 21.6. The van der Waals surface area contributed by atoms with E-state index in [-0.39, 0.29) is 13.0 Å². The van der Waals surface area contributed by atoms with E-state index in [1.807, 2.05) is 18.2 Å². The first-order valence-electron chi connectivity index (χ1n) is 9.52. The molecule has 3 aromatic rings. The van der Waals surface area contributed by atoms with E-state index in [0.29, 0.717) is 0 Å². The Labute approximate surface area is 162 Å². The van der Waals surface area contributed by atoms with Crippen molar-refractivity contribution in [2.24, 2.45) is 0 Å². The smallest absolute Gasteiger partial charge is 0.399 e.